The fraction of sp³-hybridized carbons (Fsp3) is 0.429. The van der Waals surface area contributed by atoms with E-state index in [0.29, 0.717) is 22.0 Å². The van der Waals surface area contributed by atoms with Crippen LogP contribution in [0.3, 0.4) is 0 Å². The fourth-order valence-electron chi connectivity index (χ4n) is 1.82. The number of carbonyl (C=O) groups excluding carboxylic acids is 1. The van der Waals surface area contributed by atoms with Crippen LogP contribution in [0.5, 0.6) is 0 Å². The molecule has 0 saturated carbocycles. The normalized spacial score (nSPS) is 11.9. The van der Waals surface area contributed by atoms with Gasteiger partial charge in [-0.25, -0.2) is 0 Å². The molecule has 1 aromatic carbocycles. The van der Waals surface area contributed by atoms with E-state index in [-0.39, 0.29) is 18.9 Å². The van der Waals surface area contributed by atoms with Gasteiger partial charge >= 0.3 is 5.97 Å². The van der Waals surface area contributed by atoms with Crippen LogP contribution >= 0.6 is 23.2 Å². The van der Waals surface area contributed by atoms with Gasteiger partial charge in [-0.05, 0) is 24.1 Å². The third kappa shape index (κ3) is 5.02. The first kappa shape index (κ1) is 16.8. The monoisotopic (exact) mass is 317 g/mol. The molecule has 1 amide bonds. The first-order chi connectivity index (χ1) is 9.45. The van der Waals surface area contributed by atoms with Crippen LogP contribution < -0.4 is 5.32 Å². The zero-order chi connectivity index (χ0) is 15.1. The van der Waals surface area contributed by atoms with Crippen molar-refractivity contribution in [2.45, 2.75) is 26.2 Å². The highest BCUT2D eigenvalue weighted by Gasteiger charge is 2.18. The largest absolute Gasteiger partial charge is 0.481 e. The smallest absolute Gasteiger partial charge is 0.308 e. The van der Waals surface area contributed by atoms with E-state index in [2.05, 4.69) is 5.32 Å². The molecular weight excluding hydrogens is 301 g/mol. The SMILES string of the molecule is CCCC(CNC(=O)Cc1c(Cl)cccc1Cl)C(=O)O. The van der Waals surface area contributed by atoms with Gasteiger partial charge in [0.15, 0.2) is 0 Å². The van der Waals surface area contributed by atoms with E-state index in [1.807, 2.05) is 6.92 Å². The quantitative estimate of drug-likeness (QED) is 0.811. The Hall–Kier alpha value is -1.26. The average Bonchev–Trinajstić information content (AvgIpc) is 2.38. The molecule has 0 heterocycles. The number of rotatable bonds is 7. The van der Waals surface area contributed by atoms with Crippen LogP contribution in [0.2, 0.25) is 10.0 Å². The molecular formula is C14H17Cl2NO3. The number of nitrogens with one attached hydrogen (secondary N) is 1. The average molecular weight is 318 g/mol. The number of hydrogen-bond donors (Lipinski definition) is 2. The zero-order valence-corrected chi connectivity index (χ0v) is 12.7. The Balaban J connectivity index is 2.58. The van der Waals surface area contributed by atoms with Crippen molar-refractivity contribution < 1.29 is 14.7 Å². The number of amides is 1. The Labute approximate surface area is 128 Å². The van der Waals surface area contributed by atoms with E-state index in [1.54, 1.807) is 18.2 Å². The number of carboxylic acids is 1. The van der Waals surface area contributed by atoms with E-state index in [0.717, 1.165) is 6.42 Å². The van der Waals surface area contributed by atoms with Gasteiger partial charge in [-0.3, -0.25) is 9.59 Å². The molecule has 1 rings (SSSR count). The molecule has 1 unspecified atom stereocenters. The lowest BCUT2D eigenvalue weighted by atomic mass is 10.0. The summed E-state index contributed by atoms with van der Waals surface area (Å²) in [6, 6.07) is 5.02. The van der Waals surface area contributed by atoms with E-state index in [9.17, 15) is 9.59 Å². The van der Waals surface area contributed by atoms with Gasteiger partial charge in [-0.2, -0.15) is 0 Å². The molecule has 0 aliphatic rings. The van der Waals surface area contributed by atoms with Gasteiger partial charge < -0.3 is 10.4 Å². The maximum Gasteiger partial charge on any atom is 0.308 e. The maximum atomic E-state index is 11.8. The molecule has 20 heavy (non-hydrogen) atoms. The van der Waals surface area contributed by atoms with Gasteiger partial charge in [0, 0.05) is 16.6 Å². The number of aliphatic carboxylic acids is 1. The van der Waals surface area contributed by atoms with Crippen LogP contribution in [0.4, 0.5) is 0 Å². The first-order valence-electron chi connectivity index (χ1n) is 6.38. The third-order valence-electron chi connectivity index (χ3n) is 2.93. The molecule has 0 aliphatic heterocycles. The second kappa shape index (κ2) is 8.12. The Morgan fingerprint density at radius 2 is 1.90 bits per heavy atom. The third-order valence-corrected chi connectivity index (χ3v) is 3.64. The summed E-state index contributed by atoms with van der Waals surface area (Å²) in [5, 5.41) is 12.5. The number of halogens is 2. The molecule has 1 aromatic rings. The summed E-state index contributed by atoms with van der Waals surface area (Å²) in [5.74, 6) is -1.75. The molecule has 2 N–H and O–H groups in total. The van der Waals surface area contributed by atoms with Crippen LogP contribution in [0.1, 0.15) is 25.3 Å². The summed E-state index contributed by atoms with van der Waals surface area (Å²) < 4.78 is 0. The molecule has 6 heteroatoms. The van der Waals surface area contributed by atoms with Crippen molar-refractivity contribution in [2.24, 2.45) is 5.92 Å². The maximum absolute atomic E-state index is 11.8. The van der Waals surface area contributed by atoms with E-state index in [1.165, 1.54) is 0 Å². The van der Waals surface area contributed by atoms with Crippen LogP contribution in [0.25, 0.3) is 0 Å². The van der Waals surface area contributed by atoms with Crippen molar-refractivity contribution in [3.8, 4) is 0 Å². The molecule has 1 atom stereocenters. The van der Waals surface area contributed by atoms with E-state index < -0.39 is 11.9 Å². The summed E-state index contributed by atoms with van der Waals surface area (Å²) >= 11 is 12.0. The Bertz CT molecular complexity index is 471. The summed E-state index contributed by atoms with van der Waals surface area (Å²) in [6.07, 6.45) is 1.32. The van der Waals surface area contributed by atoms with Gasteiger partial charge in [-0.1, -0.05) is 42.6 Å². The van der Waals surface area contributed by atoms with Crippen molar-refractivity contribution >= 4 is 35.1 Å². The van der Waals surface area contributed by atoms with Crippen LogP contribution in [-0.4, -0.2) is 23.5 Å². The van der Waals surface area contributed by atoms with E-state index >= 15 is 0 Å². The van der Waals surface area contributed by atoms with Crippen molar-refractivity contribution in [3.05, 3.63) is 33.8 Å². The summed E-state index contributed by atoms with van der Waals surface area (Å²) in [6.45, 7) is 2.02. The van der Waals surface area contributed by atoms with Crippen LogP contribution in [0.15, 0.2) is 18.2 Å². The topological polar surface area (TPSA) is 66.4 Å². The fourth-order valence-corrected chi connectivity index (χ4v) is 2.35. The zero-order valence-electron chi connectivity index (χ0n) is 11.2. The van der Waals surface area contributed by atoms with Gasteiger partial charge in [0.1, 0.15) is 0 Å². The van der Waals surface area contributed by atoms with Crippen molar-refractivity contribution in [3.63, 3.8) is 0 Å². The molecule has 4 nitrogen and oxygen atoms in total. The number of carbonyl (C=O) groups is 2. The Morgan fingerprint density at radius 3 is 2.40 bits per heavy atom. The second-order valence-corrected chi connectivity index (χ2v) is 5.32. The van der Waals surface area contributed by atoms with Crippen molar-refractivity contribution in [2.75, 3.05) is 6.54 Å². The lowest BCUT2D eigenvalue weighted by Crippen LogP contribution is -2.33. The van der Waals surface area contributed by atoms with Gasteiger partial charge in [-0.15, -0.1) is 0 Å². The minimum Gasteiger partial charge on any atom is -0.481 e. The van der Waals surface area contributed by atoms with Crippen LogP contribution in [-0.2, 0) is 16.0 Å². The Morgan fingerprint density at radius 1 is 1.30 bits per heavy atom. The van der Waals surface area contributed by atoms with Crippen molar-refractivity contribution in [1.29, 1.82) is 0 Å². The molecule has 0 aliphatic carbocycles. The second-order valence-electron chi connectivity index (χ2n) is 4.50. The minimum atomic E-state index is -0.900. The number of carboxylic acid groups (broad SMARTS) is 1. The number of hydrogen-bond acceptors (Lipinski definition) is 2. The minimum absolute atomic E-state index is 0.0387. The molecule has 0 spiro atoms. The molecule has 0 radical (unpaired) electrons. The molecule has 0 saturated heterocycles. The van der Waals surface area contributed by atoms with Crippen LogP contribution in [0, 0.1) is 5.92 Å². The predicted octanol–water partition coefficient (Wildman–Crippen LogP) is 3.15. The summed E-state index contributed by atoms with van der Waals surface area (Å²) in [7, 11) is 0. The standard InChI is InChI=1S/C14H17Cl2NO3/c1-2-4-9(14(19)20)8-17-13(18)7-10-11(15)5-3-6-12(10)16/h3,5-6,9H,2,4,7-8H2,1H3,(H,17,18)(H,19,20). The number of benzene rings is 1. The highest BCUT2D eigenvalue weighted by molar-refractivity contribution is 6.36. The van der Waals surface area contributed by atoms with Gasteiger partial charge in [0.2, 0.25) is 5.91 Å². The summed E-state index contributed by atoms with van der Waals surface area (Å²) in [4.78, 5) is 22.8. The molecule has 0 fully saturated rings. The molecule has 0 aromatic heterocycles. The summed E-state index contributed by atoms with van der Waals surface area (Å²) in [5.41, 5.74) is 0.552. The van der Waals surface area contributed by atoms with E-state index in [4.69, 9.17) is 28.3 Å². The lowest BCUT2D eigenvalue weighted by molar-refractivity contribution is -0.141. The highest BCUT2D eigenvalue weighted by atomic mass is 35.5. The van der Waals surface area contributed by atoms with Gasteiger partial charge in [0.25, 0.3) is 0 Å². The lowest BCUT2D eigenvalue weighted by Gasteiger charge is -2.13. The first-order valence-corrected chi connectivity index (χ1v) is 7.13. The predicted molar refractivity (Wildman–Crippen MR) is 79.2 cm³/mol. The van der Waals surface area contributed by atoms with Crippen molar-refractivity contribution in [1.82, 2.24) is 5.32 Å². The molecule has 110 valence electrons. The molecule has 0 bridgehead atoms. The highest BCUT2D eigenvalue weighted by Crippen LogP contribution is 2.24. The Kier molecular flexibility index (Phi) is 6.82. The van der Waals surface area contributed by atoms with Gasteiger partial charge in [0.05, 0.1) is 12.3 Å².